The van der Waals surface area contributed by atoms with Gasteiger partial charge in [-0.15, -0.1) is 0 Å². The van der Waals surface area contributed by atoms with Crippen molar-refractivity contribution in [3.05, 3.63) is 29.8 Å². The van der Waals surface area contributed by atoms with Crippen LogP contribution in [0.2, 0.25) is 0 Å². The SMILES string of the molecule is CCCCNC(=S)N/N=C/c1cccc(O)c1. The molecule has 0 heterocycles. The first-order valence-corrected chi connectivity index (χ1v) is 5.99. The maximum atomic E-state index is 9.24. The van der Waals surface area contributed by atoms with Crippen LogP contribution in [0, 0.1) is 0 Å². The Balaban J connectivity index is 2.32. The number of phenolic OH excluding ortho intramolecular Hbond substituents is 1. The Morgan fingerprint density at radius 2 is 2.35 bits per heavy atom. The van der Waals surface area contributed by atoms with Gasteiger partial charge >= 0.3 is 0 Å². The summed E-state index contributed by atoms with van der Waals surface area (Å²) in [5.74, 6) is 0.220. The topological polar surface area (TPSA) is 56.7 Å². The fraction of sp³-hybridized carbons (Fsp3) is 0.333. The first-order chi connectivity index (χ1) is 8.22. The van der Waals surface area contributed by atoms with Gasteiger partial charge in [-0.05, 0) is 36.3 Å². The molecule has 0 bridgehead atoms. The summed E-state index contributed by atoms with van der Waals surface area (Å²) in [6.07, 6.45) is 3.81. The van der Waals surface area contributed by atoms with Crippen LogP contribution in [0.25, 0.3) is 0 Å². The lowest BCUT2D eigenvalue weighted by molar-refractivity contribution is 0.475. The van der Waals surface area contributed by atoms with Gasteiger partial charge < -0.3 is 10.4 Å². The van der Waals surface area contributed by atoms with Crippen molar-refractivity contribution in [2.75, 3.05) is 6.54 Å². The average molecular weight is 251 g/mol. The summed E-state index contributed by atoms with van der Waals surface area (Å²) in [7, 11) is 0. The Morgan fingerprint density at radius 3 is 3.06 bits per heavy atom. The number of nitrogens with one attached hydrogen (secondary N) is 2. The van der Waals surface area contributed by atoms with E-state index in [-0.39, 0.29) is 5.75 Å². The third kappa shape index (κ3) is 5.87. The van der Waals surface area contributed by atoms with Gasteiger partial charge in [0, 0.05) is 6.54 Å². The van der Waals surface area contributed by atoms with Crippen molar-refractivity contribution in [1.82, 2.24) is 10.7 Å². The van der Waals surface area contributed by atoms with Crippen LogP contribution < -0.4 is 10.7 Å². The number of aromatic hydroxyl groups is 1. The molecule has 0 saturated heterocycles. The summed E-state index contributed by atoms with van der Waals surface area (Å²) >= 11 is 5.02. The van der Waals surface area contributed by atoms with Gasteiger partial charge in [0.1, 0.15) is 5.75 Å². The van der Waals surface area contributed by atoms with Gasteiger partial charge in [0.05, 0.1) is 6.21 Å². The van der Waals surface area contributed by atoms with Gasteiger partial charge in [0.15, 0.2) is 5.11 Å². The van der Waals surface area contributed by atoms with E-state index in [2.05, 4.69) is 22.8 Å². The van der Waals surface area contributed by atoms with E-state index in [0.29, 0.717) is 5.11 Å². The second kappa shape index (κ2) is 7.62. The van der Waals surface area contributed by atoms with Crippen molar-refractivity contribution in [3.63, 3.8) is 0 Å². The molecule has 1 aromatic rings. The molecule has 0 atom stereocenters. The molecule has 0 radical (unpaired) electrons. The lowest BCUT2D eigenvalue weighted by Gasteiger charge is -2.05. The molecule has 0 amide bonds. The third-order valence-corrected chi connectivity index (χ3v) is 2.30. The summed E-state index contributed by atoms with van der Waals surface area (Å²) < 4.78 is 0. The molecule has 1 rings (SSSR count). The summed E-state index contributed by atoms with van der Waals surface area (Å²) in [4.78, 5) is 0. The number of rotatable bonds is 5. The second-order valence-electron chi connectivity index (χ2n) is 3.57. The maximum Gasteiger partial charge on any atom is 0.186 e. The molecule has 92 valence electrons. The van der Waals surface area contributed by atoms with E-state index in [9.17, 15) is 5.11 Å². The number of hydrogen-bond acceptors (Lipinski definition) is 3. The minimum absolute atomic E-state index is 0.220. The molecule has 0 saturated carbocycles. The minimum atomic E-state index is 0.220. The number of unbranched alkanes of at least 4 members (excludes halogenated alkanes) is 1. The van der Waals surface area contributed by atoms with Crippen LogP contribution in [0.4, 0.5) is 0 Å². The smallest absolute Gasteiger partial charge is 0.186 e. The number of hydrogen-bond donors (Lipinski definition) is 3. The van der Waals surface area contributed by atoms with Crippen molar-refractivity contribution in [2.45, 2.75) is 19.8 Å². The van der Waals surface area contributed by atoms with Crippen molar-refractivity contribution < 1.29 is 5.11 Å². The standard InChI is InChI=1S/C12H17N3OS/c1-2-3-7-13-12(17)15-14-9-10-5-4-6-11(16)8-10/h4-6,8-9,16H,2-3,7H2,1H3,(H2,13,15,17)/b14-9+. The molecule has 17 heavy (non-hydrogen) atoms. The fourth-order valence-electron chi connectivity index (χ4n) is 1.19. The fourth-order valence-corrected chi connectivity index (χ4v) is 1.34. The Labute approximate surface area is 107 Å². The molecular weight excluding hydrogens is 234 g/mol. The van der Waals surface area contributed by atoms with E-state index in [0.717, 1.165) is 24.9 Å². The molecule has 1 aromatic carbocycles. The van der Waals surface area contributed by atoms with Crippen LogP contribution in [-0.2, 0) is 0 Å². The average Bonchev–Trinajstić information content (AvgIpc) is 2.29. The summed E-state index contributed by atoms with van der Waals surface area (Å²) in [5, 5.41) is 16.8. The van der Waals surface area contributed by atoms with E-state index >= 15 is 0 Å². The van der Waals surface area contributed by atoms with Crippen molar-refractivity contribution in [3.8, 4) is 5.75 Å². The normalized spacial score (nSPS) is 10.4. The highest BCUT2D eigenvalue weighted by molar-refractivity contribution is 7.80. The van der Waals surface area contributed by atoms with Crippen molar-refractivity contribution in [2.24, 2.45) is 5.10 Å². The summed E-state index contributed by atoms with van der Waals surface area (Å²) in [5.41, 5.74) is 3.53. The number of benzene rings is 1. The number of phenols is 1. The monoisotopic (exact) mass is 251 g/mol. The molecule has 0 aliphatic heterocycles. The molecule has 0 spiro atoms. The largest absolute Gasteiger partial charge is 0.508 e. The van der Waals surface area contributed by atoms with Gasteiger partial charge in [-0.25, -0.2) is 0 Å². The molecule has 4 nitrogen and oxygen atoms in total. The Kier molecular flexibility index (Phi) is 6.03. The predicted octanol–water partition coefficient (Wildman–Crippen LogP) is 1.99. The van der Waals surface area contributed by atoms with E-state index in [1.165, 1.54) is 0 Å². The van der Waals surface area contributed by atoms with E-state index < -0.39 is 0 Å². The highest BCUT2D eigenvalue weighted by atomic mass is 32.1. The molecular formula is C12H17N3OS. The first kappa shape index (κ1) is 13.4. The Morgan fingerprint density at radius 1 is 1.53 bits per heavy atom. The predicted molar refractivity (Wildman–Crippen MR) is 74.3 cm³/mol. The zero-order valence-electron chi connectivity index (χ0n) is 9.81. The van der Waals surface area contributed by atoms with E-state index in [1.54, 1.807) is 24.4 Å². The molecule has 0 aromatic heterocycles. The second-order valence-corrected chi connectivity index (χ2v) is 3.98. The lowest BCUT2D eigenvalue weighted by atomic mass is 10.2. The van der Waals surface area contributed by atoms with Crippen LogP contribution in [0.3, 0.4) is 0 Å². The molecule has 0 aliphatic carbocycles. The Hall–Kier alpha value is -1.62. The number of hydrazone groups is 1. The van der Waals surface area contributed by atoms with Crippen LogP contribution in [0.15, 0.2) is 29.4 Å². The molecule has 5 heteroatoms. The highest BCUT2D eigenvalue weighted by Gasteiger charge is 1.92. The molecule has 0 aliphatic rings. The third-order valence-electron chi connectivity index (χ3n) is 2.07. The number of thiocarbonyl (C=S) groups is 1. The summed E-state index contributed by atoms with van der Waals surface area (Å²) in [6.45, 7) is 2.97. The van der Waals surface area contributed by atoms with Gasteiger partial charge in [-0.1, -0.05) is 25.5 Å². The summed E-state index contributed by atoms with van der Waals surface area (Å²) in [6, 6.07) is 6.84. The first-order valence-electron chi connectivity index (χ1n) is 5.58. The quantitative estimate of drug-likeness (QED) is 0.324. The minimum Gasteiger partial charge on any atom is -0.508 e. The van der Waals surface area contributed by atoms with Gasteiger partial charge in [-0.3, -0.25) is 5.43 Å². The van der Waals surface area contributed by atoms with Crippen LogP contribution in [0.1, 0.15) is 25.3 Å². The zero-order valence-corrected chi connectivity index (χ0v) is 10.6. The van der Waals surface area contributed by atoms with E-state index in [4.69, 9.17) is 12.2 Å². The lowest BCUT2D eigenvalue weighted by Crippen LogP contribution is -2.32. The van der Waals surface area contributed by atoms with Gasteiger partial charge in [-0.2, -0.15) is 5.10 Å². The number of nitrogens with zero attached hydrogens (tertiary/aromatic N) is 1. The highest BCUT2D eigenvalue weighted by Crippen LogP contribution is 2.08. The molecule has 3 N–H and O–H groups in total. The maximum absolute atomic E-state index is 9.24. The van der Waals surface area contributed by atoms with Crippen LogP contribution in [0.5, 0.6) is 5.75 Å². The van der Waals surface area contributed by atoms with Gasteiger partial charge in [0.25, 0.3) is 0 Å². The van der Waals surface area contributed by atoms with Crippen LogP contribution in [-0.4, -0.2) is 23.0 Å². The molecule has 0 fully saturated rings. The van der Waals surface area contributed by atoms with Crippen LogP contribution >= 0.6 is 12.2 Å². The zero-order chi connectivity index (χ0) is 12.5. The molecule has 0 unspecified atom stereocenters. The van der Waals surface area contributed by atoms with Gasteiger partial charge in [0.2, 0.25) is 0 Å². The van der Waals surface area contributed by atoms with Crippen molar-refractivity contribution in [1.29, 1.82) is 0 Å². The Bertz CT molecular complexity index is 393. The van der Waals surface area contributed by atoms with E-state index in [1.807, 2.05) is 6.07 Å². The van der Waals surface area contributed by atoms with Crippen molar-refractivity contribution >= 4 is 23.5 Å².